The second-order valence-corrected chi connectivity index (χ2v) is 3.45. The molecule has 0 amide bonds. The molecule has 1 aromatic heterocycles. The summed E-state index contributed by atoms with van der Waals surface area (Å²) in [4.78, 5) is 8.44. The van der Waals surface area contributed by atoms with Crippen molar-refractivity contribution >= 4 is 0 Å². The lowest BCUT2D eigenvalue weighted by atomic mass is 10.2. The summed E-state index contributed by atoms with van der Waals surface area (Å²) in [6, 6.07) is 8.54. The number of hydrogen-bond acceptors (Lipinski definition) is 5. The van der Waals surface area contributed by atoms with E-state index < -0.39 is 0 Å². The molecule has 0 aliphatic rings. The molecule has 1 heterocycles. The van der Waals surface area contributed by atoms with E-state index >= 15 is 0 Å². The van der Waals surface area contributed by atoms with Gasteiger partial charge >= 0.3 is 0 Å². The Morgan fingerprint density at radius 1 is 1.29 bits per heavy atom. The summed E-state index contributed by atoms with van der Waals surface area (Å²) >= 11 is 0. The number of hydrogen-bond donors (Lipinski definition) is 2. The molecule has 17 heavy (non-hydrogen) atoms. The number of aromatic hydroxyl groups is 1. The van der Waals surface area contributed by atoms with E-state index in [-0.39, 0.29) is 5.75 Å². The van der Waals surface area contributed by atoms with Crippen molar-refractivity contribution in [2.45, 2.75) is 6.54 Å². The fourth-order valence-corrected chi connectivity index (χ4v) is 1.46. The number of phenols is 1. The summed E-state index contributed by atoms with van der Waals surface area (Å²) in [5.41, 5.74) is 6.77. The number of para-hydroxylation sites is 1. The highest BCUT2D eigenvalue weighted by Crippen LogP contribution is 2.27. The van der Waals surface area contributed by atoms with Crippen molar-refractivity contribution in [2.24, 2.45) is 5.73 Å². The highest BCUT2D eigenvalue weighted by atomic mass is 16.5. The minimum absolute atomic E-state index is 0.128. The molecule has 0 aliphatic carbocycles. The maximum atomic E-state index is 9.74. The summed E-state index contributed by atoms with van der Waals surface area (Å²) in [5, 5.41) is 9.74. The van der Waals surface area contributed by atoms with Gasteiger partial charge < -0.3 is 15.6 Å². The SMILES string of the molecule is COc1cc(CN)nc(-c2ccccc2O)n1. The largest absolute Gasteiger partial charge is 0.507 e. The standard InChI is InChI=1S/C12H13N3O2/c1-17-11-6-8(7-13)14-12(15-11)9-4-2-3-5-10(9)16/h2-6,16H,7,13H2,1H3. The van der Waals surface area contributed by atoms with Gasteiger partial charge in [-0.3, -0.25) is 0 Å². The number of methoxy groups -OCH3 is 1. The number of ether oxygens (including phenoxy) is 1. The summed E-state index contributed by atoms with van der Waals surface area (Å²) in [5.74, 6) is 0.963. The highest BCUT2D eigenvalue weighted by Gasteiger charge is 2.09. The Bertz CT molecular complexity index is 507. The zero-order valence-electron chi connectivity index (χ0n) is 9.42. The van der Waals surface area contributed by atoms with E-state index in [2.05, 4.69) is 9.97 Å². The molecule has 0 spiro atoms. The van der Waals surface area contributed by atoms with E-state index in [1.54, 1.807) is 30.3 Å². The molecule has 0 atom stereocenters. The normalized spacial score (nSPS) is 10.2. The van der Waals surface area contributed by atoms with Gasteiger partial charge in [0.2, 0.25) is 5.88 Å². The number of benzene rings is 1. The van der Waals surface area contributed by atoms with Crippen LogP contribution in [0.2, 0.25) is 0 Å². The van der Waals surface area contributed by atoms with Gasteiger partial charge in [-0.25, -0.2) is 4.98 Å². The van der Waals surface area contributed by atoms with Crippen LogP contribution in [0.5, 0.6) is 11.6 Å². The van der Waals surface area contributed by atoms with Gasteiger partial charge in [-0.2, -0.15) is 4.98 Å². The van der Waals surface area contributed by atoms with Crippen LogP contribution < -0.4 is 10.5 Å². The van der Waals surface area contributed by atoms with Crippen LogP contribution in [0.25, 0.3) is 11.4 Å². The van der Waals surface area contributed by atoms with Crippen molar-refractivity contribution < 1.29 is 9.84 Å². The maximum Gasteiger partial charge on any atom is 0.216 e. The van der Waals surface area contributed by atoms with Gasteiger partial charge in [-0.15, -0.1) is 0 Å². The molecule has 0 aliphatic heterocycles. The Morgan fingerprint density at radius 3 is 2.71 bits per heavy atom. The van der Waals surface area contributed by atoms with Gasteiger partial charge in [0.25, 0.3) is 0 Å². The third kappa shape index (κ3) is 2.34. The van der Waals surface area contributed by atoms with Gasteiger partial charge in [0, 0.05) is 12.6 Å². The first kappa shape index (κ1) is 11.3. The Morgan fingerprint density at radius 2 is 2.06 bits per heavy atom. The zero-order valence-corrected chi connectivity index (χ0v) is 9.42. The Hall–Kier alpha value is -2.14. The van der Waals surface area contributed by atoms with Crippen LogP contribution >= 0.6 is 0 Å². The number of aromatic nitrogens is 2. The summed E-state index contributed by atoms with van der Waals surface area (Å²) in [7, 11) is 1.53. The van der Waals surface area contributed by atoms with Crippen molar-refractivity contribution in [1.29, 1.82) is 0 Å². The quantitative estimate of drug-likeness (QED) is 0.832. The smallest absolute Gasteiger partial charge is 0.216 e. The van der Waals surface area contributed by atoms with Crippen LogP contribution in [0.3, 0.4) is 0 Å². The van der Waals surface area contributed by atoms with Crippen LogP contribution in [0.4, 0.5) is 0 Å². The van der Waals surface area contributed by atoms with Crippen LogP contribution in [0.1, 0.15) is 5.69 Å². The molecule has 0 unspecified atom stereocenters. The molecule has 5 nitrogen and oxygen atoms in total. The second-order valence-electron chi connectivity index (χ2n) is 3.45. The Balaban J connectivity index is 2.55. The third-order valence-corrected chi connectivity index (χ3v) is 2.32. The second kappa shape index (κ2) is 4.80. The lowest BCUT2D eigenvalue weighted by Gasteiger charge is -2.07. The van der Waals surface area contributed by atoms with Crippen LogP contribution in [0.15, 0.2) is 30.3 Å². The fourth-order valence-electron chi connectivity index (χ4n) is 1.46. The van der Waals surface area contributed by atoms with E-state index in [0.29, 0.717) is 29.5 Å². The molecule has 0 fully saturated rings. The van der Waals surface area contributed by atoms with Crippen molar-refractivity contribution in [1.82, 2.24) is 9.97 Å². The lowest BCUT2D eigenvalue weighted by molar-refractivity contribution is 0.396. The minimum Gasteiger partial charge on any atom is -0.507 e. The van der Waals surface area contributed by atoms with Crippen molar-refractivity contribution in [3.63, 3.8) is 0 Å². The molecule has 2 aromatic rings. The van der Waals surface area contributed by atoms with Crippen LogP contribution in [-0.4, -0.2) is 22.2 Å². The van der Waals surface area contributed by atoms with Gasteiger partial charge in [0.05, 0.1) is 18.4 Å². The van der Waals surface area contributed by atoms with Gasteiger partial charge in [0.1, 0.15) is 5.75 Å². The summed E-state index contributed by atoms with van der Waals surface area (Å²) in [6.07, 6.45) is 0. The Kier molecular flexibility index (Phi) is 3.20. The first-order valence-electron chi connectivity index (χ1n) is 5.15. The molecule has 0 bridgehead atoms. The number of rotatable bonds is 3. The first-order valence-corrected chi connectivity index (χ1v) is 5.15. The molecule has 0 radical (unpaired) electrons. The van der Waals surface area contributed by atoms with E-state index in [4.69, 9.17) is 10.5 Å². The molecule has 0 saturated carbocycles. The highest BCUT2D eigenvalue weighted by molar-refractivity contribution is 5.63. The minimum atomic E-state index is 0.128. The molecule has 3 N–H and O–H groups in total. The molecule has 0 saturated heterocycles. The van der Waals surface area contributed by atoms with Gasteiger partial charge in [-0.1, -0.05) is 12.1 Å². The third-order valence-electron chi connectivity index (χ3n) is 2.32. The van der Waals surface area contributed by atoms with Crippen molar-refractivity contribution in [3.8, 4) is 23.0 Å². The summed E-state index contributed by atoms with van der Waals surface area (Å²) in [6.45, 7) is 0.291. The van der Waals surface area contributed by atoms with Crippen LogP contribution in [0, 0.1) is 0 Å². The van der Waals surface area contributed by atoms with Crippen molar-refractivity contribution in [2.75, 3.05) is 7.11 Å². The van der Waals surface area contributed by atoms with E-state index in [1.807, 2.05) is 0 Å². The monoisotopic (exact) mass is 231 g/mol. The van der Waals surface area contributed by atoms with Crippen molar-refractivity contribution in [3.05, 3.63) is 36.0 Å². The molecular formula is C12H13N3O2. The summed E-state index contributed by atoms with van der Waals surface area (Å²) < 4.78 is 5.07. The number of phenolic OH excluding ortho intramolecular Hbond substituents is 1. The molecule has 5 heteroatoms. The fraction of sp³-hybridized carbons (Fsp3) is 0.167. The predicted octanol–water partition coefficient (Wildman–Crippen LogP) is 1.32. The van der Waals surface area contributed by atoms with Crippen LogP contribution in [-0.2, 0) is 6.54 Å². The van der Waals surface area contributed by atoms with E-state index in [1.165, 1.54) is 7.11 Å². The predicted molar refractivity (Wildman–Crippen MR) is 63.6 cm³/mol. The Labute approximate surface area is 98.9 Å². The lowest BCUT2D eigenvalue weighted by Crippen LogP contribution is -2.03. The number of nitrogens with two attached hydrogens (primary N) is 1. The molecular weight excluding hydrogens is 218 g/mol. The molecule has 2 rings (SSSR count). The first-order chi connectivity index (χ1) is 8.24. The average molecular weight is 231 g/mol. The zero-order chi connectivity index (χ0) is 12.3. The van der Waals surface area contributed by atoms with E-state index in [0.717, 1.165) is 0 Å². The average Bonchev–Trinajstić information content (AvgIpc) is 2.38. The number of nitrogens with zero attached hydrogens (tertiary/aromatic N) is 2. The topological polar surface area (TPSA) is 81.3 Å². The molecule has 88 valence electrons. The maximum absolute atomic E-state index is 9.74. The van der Waals surface area contributed by atoms with E-state index in [9.17, 15) is 5.11 Å². The molecule has 1 aromatic carbocycles. The van der Waals surface area contributed by atoms with Gasteiger partial charge in [0.15, 0.2) is 5.82 Å². The van der Waals surface area contributed by atoms with Gasteiger partial charge in [-0.05, 0) is 12.1 Å².